The van der Waals surface area contributed by atoms with E-state index in [0.29, 0.717) is 18.8 Å². The Bertz CT molecular complexity index is 898. The fourth-order valence-corrected chi connectivity index (χ4v) is 4.38. The number of hydrogen-bond donors (Lipinski definition) is 0. The molecule has 1 saturated carbocycles. The van der Waals surface area contributed by atoms with Crippen molar-refractivity contribution in [2.24, 2.45) is 5.41 Å². The van der Waals surface area contributed by atoms with E-state index in [-0.39, 0.29) is 17.6 Å². The van der Waals surface area contributed by atoms with Gasteiger partial charge in [0, 0.05) is 16.4 Å². The summed E-state index contributed by atoms with van der Waals surface area (Å²) in [6.45, 7) is 4.62. The Morgan fingerprint density at radius 1 is 1.33 bits per heavy atom. The number of aryl methyl sites for hydroxylation is 1. The van der Waals surface area contributed by atoms with Gasteiger partial charge in [-0.25, -0.2) is 4.68 Å². The number of ether oxygens (including phenoxy) is 2. The molecule has 1 aromatic carbocycles. The van der Waals surface area contributed by atoms with Gasteiger partial charge in [0.1, 0.15) is 0 Å². The third-order valence-corrected chi connectivity index (χ3v) is 6.47. The molecule has 7 nitrogen and oxygen atoms in total. The van der Waals surface area contributed by atoms with Crippen molar-refractivity contribution < 1.29 is 14.3 Å². The second kappa shape index (κ2) is 6.39. The molecule has 1 aliphatic carbocycles. The molecule has 0 atom stereocenters. The number of anilines is 1. The van der Waals surface area contributed by atoms with E-state index in [0.717, 1.165) is 35.4 Å². The predicted octanol–water partition coefficient (Wildman–Crippen LogP) is 2.71. The average molecular weight is 433 g/mol. The number of fused-ring (bicyclic) bond motifs is 1. The van der Waals surface area contributed by atoms with Crippen LogP contribution in [0.5, 0.6) is 0 Å². The standard InChI is InChI=1S/C19H21BrN4O3/c1-12-2-3-14(20)13-4-7-24(17(12)13)18(25)15-8-23(22-21-15)9-16-26-10-19(5-6-19)11-27-16/h2-3,8,16H,4-7,9-11H2,1H3. The quantitative estimate of drug-likeness (QED) is 0.745. The van der Waals surface area contributed by atoms with Crippen molar-refractivity contribution >= 4 is 27.5 Å². The van der Waals surface area contributed by atoms with Crippen LogP contribution in [0, 0.1) is 12.3 Å². The topological polar surface area (TPSA) is 69.5 Å². The molecular weight excluding hydrogens is 412 g/mol. The Morgan fingerprint density at radius 2 is 2.11 bits per heavy atom. The third-order valence-electron chi connectivity index (χ3n) is 5.73. The lowest BCUT2D eigenvalue weighted by Gasteiger charge is -2.29. The minimum absolute atomic E-state index is 0.122. The van der Waals surface area contributed by atoms with Gasteiger partial charge in [-0.15, -0.1) is 5.10 Å². The SMILES string of the molecule is Cc1ccc(Br)c2c1N(C(=O)c1cn(CC3OCC4(CC4)CO3)nn1)CC2. The maximum atomic E-state index is 13.0. The van der Waals surface area contributed by atoms with Gasteiger partial charge in [-0.1, -0.05) is 27.2 Å². The average Bonchev–Trinajstić information content (AvgIpc) is 3.09. The molecule has 2 aliphatic heterocycles. The van der Waals surface area contributed by atoms with Crippen molar-refractivity contribution in [3.8, 4) is 0 Å². The summed E-state index contributed by atoms with van der Waals surface area (Å²) in [5.74, 6) is -0.122. The number of aromatic nitrogens is 3. The van der Waals surface area contributed by atoms with Crippen LogP contribution in [0.2, 0.25) is 0 Å². The van der Waals surface area contributed by atoms with Gasteiger partial charge in [0.2, 0.25) is 0 Å². The molecule has 1 saturated heterocycles. The summed E-state index contributed by atoms with van der Waals surface area (Å²) < 4.78 is 14.3. The number of hydrogen-bond acceptors (Lipinski definition) is 5. The zero-order valence-corrected chi connectivity index (χ0v) is 16.7. The van der Waals surface area contributed by atoms with Crippen LogP contribution in [-0.4, -0.2) is 46.9 Å². The van der Waals surface area contributed by atoms with Crippen LogP contribution in [0.15, 0.2) is 22.8 Å². The predicted molar refractivity (Wildman–Crippen MR) is 102 cm³/mol. The van der Waals surface area contributed by atoms with Crippen molar-refractivity contribution in [3.63, 3.8) is 0 Å². The molecule has 0 unspecified atom stereocenters. The van der Waals surface area contributed by atoms with E-state index in [1.54, 1.807) is 15.8 Å². The molecule has 5 rings (SSSR count). The van der Waals surface area contributed by atoms with Gasteiger partial charge in [0.15, 0.2) is 12.0 Å². The van der Waals surface area contributed by atoms with Gasteiger partial charge in [-0.2, -0.15) is 0 Å². The highest BCUT2D eigenvalue weighted by atomic mass is 79.9. The Labute approximate surface area is 165 Å². The summed E-state index contributed by atoms with van der Waals surface area (Å²) in [5, 5.41) is 8.19. The summed E-state index contributed by atoms with van der Waals surface area (Å²) in [6, 6.07) is 4.06. The highest BCUT2D eigenvalue weighted by Crippen LogP contribution is 2.48. The molecule has 0 radical (unpaired) electrons. The van der Waals surface area contributed by atoms with E-state index >= 15 is 0 Å². The maximum absolute atomic E-state index is 13.0. The first-order chi connectivity index (χ1) is 13.0. The first-order valence-corrected chi connectivity index (χ1v) is 10.1. The number of amides is 1. The van der Waals surface area contributed by atoms with Crippen molar-refractivity contribution in [2.75, 3.05) is 24.7 Å². The number of benzene rings is 1. The lowest BCUT2D eigenvalue weighted by molar-refractivity contribution is -0.213. The second-order valence-corrected chi connectivity index (χ2v) is 8.63. The van der Waals surface area contributed by atoms with Crippen LogP contribution >= 0.6 is 15.9 Å². The van der Waals surface area contributed by atoms with E-state index in [1.807, 2.05) is 19.1 Å². The molecule has 0 bridgehead atoms. The van der Waals surface area contributed by atoms with Crippen molar-refractivity contribution in [2.45, 2.75) is 39.0 Å². The molecule has 3 heterocycles. The number of halogens is 1. The maximum Gasteiger partial charge on any atom is 0.280 e. The minimum atomic E-state index is -0.327. The molecule has 27 heavy (non-hydrogen) atoms. The zero-order valence-electron chi connectivity index (χ0n) is 15.2. The Morgan fingerprint density at radius 3 is 2.85 bits per heavy atom. The van der Waals surface area contributed by atoms with Gasteiger partial charge in [0.25, 0.3) is 5.91 Å². The zero-order chi connectivity index (χ0) is 18.6. The molecule has 2 aromatic rings. The van der Waals surface area contributed by atoms with Crippen molar-refractivity contribution in [3.05, 3.63) is 39.6 Å². The summed E-state index contributed by atoms with van der Waals surface area (Å²) in [5.41, 5.74) is 3.86. The molecule has 1 spiro atoms. The lowest BCUT2D eigenvalue weighted by Crippen LogP contribution is -2.36. The van der Waals surface area contributed by atoms with E-state index in [1.165, 1.54) is 18.4 Å². The second-order valence-electron chi connectivity index (χ2n) is 7.78. The Kier molecular flexibility index (Phi) is 4.10. The van der Waals surface area contributed by atoms with E-state index in [9.17, 15) is 4.79 Å². The van der Waals surface area contributed by atoms with Crippen LogP contribution in [-0.2, 0) is 22.4 Å². The fraction of sp³-hybridized carbons (Fsp3) is 0.526. The fourth-order valence-electron chi connectivity index (χ4n) is 3.86. The number of carbonyl (C=O) groups excluding carboxylic acids is 1. The third kappa shape index (κ3) is 3.09. The summed E-state index contributed by atoms with van der Waals surface area (Å²) >= 11 is 3.59. The first kappa shape index (κ1) is 17.3. The molecule has 2 fully saturated rings. The molecule has 1 aromatic heterocycles. The van der Waals surface area contributed by atoms with E-state index in [4.69, 9.17) is 9.47 Å². The molecule has 3 aliphatic rings. The van der Waals surface area contributed by atoms with Crippen molar-refractivity contribution in [1.82, 2.24) is 15.0 Å². The molecule has 142 valence electrons. The summed E-state index contributed by atoms with van der Waals surface area (Å²) in [6.07, 6.45) is 4.57. The van der Waals surface area contributed by atoms with Crippen LogP contribution in [0.3, 0.4) is 0 Å². The van der Waals surface area contributed by atoms with Crippen LogP contribution < -0.4 is 4.90 Å². The van der Waals surface area contributed by atoms with Crippen LogP contribution in [0.4, 0.5) is 5.69 Å². The summed E-state index contributed by atoms with van der Waals surface area (Å²) in [4.78, 5) is 14.8. The van der Waals surface area contributed by atoms with Crippen molar-refractivity contribution in [1.29, 1.82) is 0 Å². The highest BCUT2D eigenvalue weighted by molar-refractivity contribution is 9.10. The lowest BCUT2D eigenvalue weighted by atomic mass is 10.1. The van der Waals surface area contributed by atoms with Gasteiger partial charge in [-0.3, -0.25) is 4.79 Å². The number of carbonyl (C=O) groups is 1. The van der Waals surface area contributed by atoms with Crippen LogP contribution in [0.25, 0.3) is 0 Å². The molecular formula is C19H21BrN4O3. The molecule has 1 amide bonds. The molecule has 8 heteroatoms. The van der Waals surface area contributed by atoms with Crippen LogP contribution in [0.1, 0.15) is 34.5 Å². The molecule has 0 N–H and O–H groups in total. The minimum Gasteiger partial charge on any atom is -0.350 e. The first-order valence-electron chi connectivity index (χ1n) is 9.28. The number of nitrogens with zero attached hydrogens (tertiary/aromatic N) is 4. The largest absolute Gasteiger partial charge is 0.350 e. The summed E-state index contributed by atoms with van der Waals surface area (Å²) in [7, 11) is 0. The Hall–Kier alpha value is -1.77. The van der Waals surface area contributed by atoms with Gasteiger partial charge >= 0.3 is 0 Å². The monoisotopic (exact) mass is 432 g/mol. The number of rotatable bonds is 3. The normalized spacial score (nSPS) is 20.9. The highest BCUT2D eigenvalue weighted by Gasteiger charge is 2.47. The Balaban J connectivity index is 1.29. The van der Waals surface area contributed by atoms with E-state index < -0.39 is 0 Å². The smallest absolute Gasteiger partial charge is 0.280 e. The van der Waals surface area contributed by atoms with Gasteiger partial charge in [0.05, 0.1) is 31.6 Å². The van der Waals surface area contributed by atoms with Gasteiger partial charge in [-0.05, 0) is 43.4 Å². The van der Waals surface area contributed by atoms with Gasteiger partial charge < -0.3 is 14.4 Å². The van der Waals surface area contributed by atoms with E-state index in [2.05, 4.69) is 26.2 Å².